The lowest BCUT2D eigenvalue weighted by Crippen LogP contribution is -2.43. The summed E-state index contributed by atoms with van der Waals surface area (Å²) >= 11 is 1.42. The molecule has 0 amide bonds. The van der Waals surface area contributed by atoms with Crippen LogP contribution < -0.4 is 4.90 Å². The van der Waals surface area contributed by atoms with Crippen LogP contribution in [0.25, 0.3) is 0 Å². The van der Waals surface area contributed by atoms with Gasteiger partial charge in [-0.15, -0.1) is 0 Å². The van der Waals surface area contributed by atoms with Crippen LogP contribution >= 0.6 is 11.8 Å². The first-order chi connectivity index (χ1) is 9.12. The fraction of sp³-hybridized carbons (Fsp3) is 0.500. The molecule has 102 valence electrons. The fourth-order valence-corrected chi connectivity index (χ4v) is 2.39. The number of ketones is 1. The summed E-state index contributed by atoms with van der Waals surface area (Å²) in [7, 11) is 1.29. The molecule has 0 fully saturated rings. The lowest BCUT2D eigenvalue weighted by atomic mass is 9.94. The first-order valence-corrected chi connectivity index (χ1v) is 7.12. The summed E-state index contributed by atoms with van der Waals surface area (Å²) in [5.74, 6) is -0.963. The van der Waals surface area contributed by atoms with Crippen LogP contribution in [-0.2, 0) is 9.53 Å². The number of ether oxygens (including phenoxy) is 1. The summed E-state index contributed by atoms with van der Waals surface area (Å²) in [4.78, 5) is 34.3. The smallest absolute Gasteiger partial charge is 0.318 e. The number of nitrogens with zero attached hydrogens (tertiary/aromatic N) is 3. The maximum absolute atomic E-state index is 12.3. The summed E-state index contributed by atoms with van der Waals surface area (Å²) in [5.41, 5.74) is 0.390. The van der Waals surface area contributed by atoms with Gasteiger partial charge in [-0.1, -0.05) is 11.8 Å². The predicted octanol–water partition coefficient (Wildman–Crippen LogP) is 1.01. The Balaban J connectivity index is 2.45. The Hall–Kier alpha value is -1.63. The Morgan fingerprint density at radius 3 is 2.95 bits per heavy atom. The molecular formula is C12H15N3O3S. The van der Waals surface area contributed by atoms with Crippen molar-refractivity contribution in [3.63, 3.8) is 0 Å². The van der Waals surface area contributed by atoms with Crippen molar-refractivity contribution in [3.8, 4) is 0 Å². The molecule has 0 N–H and O–H groups in total. The fourth-order valence-electron chi connectivity index (χ4n) is 2.05. The van der Waals surface area contributed by atoms with Crippen molar-refractivity contribution in [1.29, 1.82) is 0 Å². The summed E-state index contributed by atoms with van der Waals surface area (Å²) in [6.07, 6.45) is 3.37. The molecule has 6 nitrogen and oxygen atoms in total. The van der Waals surface area contributed by atoms with Gasteiger partial charge in [0.1, 0.15) is 11.7 Å². The number of hydrogen-bond acceptors (Lipinski definition) is 7. The van der Waals surface area contributed by atoms with Gasteiger partial charge in [-0.25, -0.2) is 9.97 Å². The van der Waals surface area contributed by atoms with Gasteiger partial charge in [0, 0.05) is 19.3 Å². The zero-order valence-corrected chi connectivity index (χ0v) is 11.9. The SMILES string of the molecule is CCN1C[C@H](C(=O)OC)C(=O)c2cnc(SC)nc21. The van der Waals surface area contributed by atoms with Crippen molar-refractivity contribution in [1.82, 2.24) is 9.97 Å². The molecule has 1 aromatic rings. The Kier molecular flexibility index (Phi) is 4.04. The molecule has 2 heterocycles. The maximum atomic E-state index is 12.3. The Morgan fingerprint density at radius 2 is 2.37 bits per heavy atom. The van der Waals surface area contributed by atoms with Crippen LogP contribution in [0.5, 0.6) is 0 Å². The first-order valence-electron chi connectivity index (χ1n) is 5.90. The minimum absolute atomic E-state index is 0.265. The van der Waals surface area contributed by atoms with Gasteiger partial charge in [0.25, 0.3) is 0 Å². The van der Waals surface area contributed by atoms with E-state index >= 15 is 0 Å². The summed E-state index contributed by atoms with van der Waals surface area (Å²) in [6, 6.07) is 0. The van der Waals surface area contributed by atoms with Gasteiger partial charge < -0.3 is 9.64 Å². The van der Waals surface area contributed by atoms with E-state index in [4.69, 9.17) is 0 Å². The Bertz CT molecular complexity index is 521. The van der Waals surface area contributed by atoms with Gasteiger partial charge in [0.05, 0.1) is 12.7 Å². The third kappa shape index (κ3) is 2.42. The second-order valence-corrected chi connectivity index (χ2v) is 4.85. The van der Waals surface area contributed by atoms with Crippen LogP contribution in [-0.4, -0.2) is 48.2 Å². The van der Waals surface area contributed by atoms with E-state index < -0.39 is 11.9 Å². The van der Waals surface area contributed by atoms with Crippen molar-refractivity contribution < 1.29 is 14.3 Å². The number of aromatic nitrogens is 2. The molecule has 7 heteroatoms. The molecule has 0 saturated heterocycles. The van der Waals surface area contributed by atoms with Gasteiger partial charge in [-0.2, -0.15) is 0 Å². The lowest BCUT2D eigenvalue weighted by Gasteiger charge is -2.31. The van der Waals surface area contributed by atoms with Crippen LogP contribution in [0, 0.1) is 5.92 Å². The van der Waals surface area contributed by atoms with Crippen LogP contribution in [0.4, 0.5) is 5.82 Å². The van der Waals surface area contributed by atoms with E-state index in [1.807, 2.05) is 18.1 Å². The number of carbonyl (C=O) groups is 2. The Morgan fingerprint density at radius 1 is 1.63 bits per heavy atom. The zero-order chi connectivity index (χ0) is 14.0. The molecule has 1 aliphatic rings. The van der Waals surface area contributed by atoms with E-state index in [9.17, 15) is 9.59 Å². The van der Waals surface area contributed by atoms with E-state index in [0.717, 1.165) is 0 Å². The topological polar surface area (TPSA) is 72.4 Å². The lowest BCUT2D eigenvalue weighted by molar-refractivity contribution is -0.143. The largest absolute Gasteiger partial charge is 0.468 e. The third-order valence-electron chi connectivity index (χ3n) is 3.08. The van der Waals surface area contributed by atoms with Crippen molar-refractivity contribution in [2.45, 2.75) is 12.1 Å². The molecule has 0 saturated carbocycles. The highest BCUT2D eigenvalue weighted by atomic mass is 32.2. The van der Waals surface area contributed by atoms with Crippen LogP contribution in [0.15, 0.2) is 11.4 Å². The van der Waals surface area contributed by atoms with E-state index in [1.54, 1.807) is 0 Å². The van der Waals surface area contributed by atoms with Crippen molar-refractivity contribution >= 4 is 29.3 Å². The van der Waals surface area contributed by atoms with Crippen LogP contribution in [0.2, 0.25) is 0 Å². The predicted molar refractivity (Wildman–Crippen MR) is 71.5 cm³/mol. The number of hydrogen-bond donors (Lipinski definition) is 0. The number of rotatable bonds is 3. The standard InChI is InChI=1S/C12H15N3O3S/c1-4-15-6-8(11(17)18-2)9(16)7-5-13-12(19-3)14-10(7)15/h5,8H,4,6H2,1-3H3/t8-/m0/s1. The molecule has 1 aliphatic heterocycles. The second-order valence-electron chi connectivity index (χ2n) is 4.07. The quantitative estimate of drug-likeness (QED) is 0.354. The summed E-state index contributed by atoms with van der Waals surface area (Å²) in [6.45, 7) is 2.92. The van der Waals surface area contributed by atoms with Crippen molar-refractivity contribution in [3.05, 3.63) is 11.8 Å². The normalized spacial score (nSPS) is 18.2. The summed E-state index contributed by atoms with van der Waals surface area (Å²) in [5, 5.41) is 0.613. The van der Waals surface area contributed by atoms with Gasteiger partial charge in [-0.05, 0) is 13.2 Å². The first kappa shape index (κ1) is 13.8. The minimum Gasteiger partial charge on any atom is -0.468 e. The molecule has 2 rings (SSSR count). The van der Waals surface area contributed by atoms with Gasteiger partial charge >= 0.3 is 5.97 Å². The van der Waals surface area contributed by atoms with Gasteiger partial charge in [0.2, 0.25) is 0 Å². The molecule has 0 aliphatic carbocycles. The van der Waals surface area contributed by atoms with Crippen LogP contribution in [0.3, 0.4) is 0 Å². The monoisotopic (exact) mass is 281 g/mol. The van der Waals surface area contributed by atoms with E-state index in [1.165, 1.54) is 25.1 Å². The number of carbonyl (C=O) groups excluding carboxylic acids is 2. The average Bonchev–Trinajstić information content (AvgIpc) is 2.46. The number of esters is 1. The van der Waals surface area contributed by atoms with Crippen molar-refractivity contribution in [2.75, 3.05) is 31.4 Å². The molecule has 0 radical (unpaired) electrons. The van der Waals surface area contributed by atoms with E-state index in [2.05, 4.69) is 14.7 Å². The second kappa shape index (κ2) is 5.56. The summed E-state index contributed by atoms with van der Waals surface area (Å²) < 4.78 is 4.68. The molecular weight excluding hydrogens is 266 g/mol. The highest BCUT2D eigenvalue weighted by Crippen LogP contribution is 2.29. The third-order valence-corrected chi connectivity index (χ3v) is 3.64. The molecule has 0 aromatic carbocycles. The minimum atomic E-state index is -0.791. The zero-order valence-electron chi connectivity index (χ0n) is 11.0. The molecule has 1 aromatic heterocycles. The number of methoxy groups -OCH3 is 1. The average molecular weight is 281 g/mol. The van der Waals surface area contributed by atoms with E-state index in [-0.39, 0.29) is 5.78 Å². The molecule has 0 spiro atoms. The highest BCUT2D eigenvalue weighted by Gasteiger charge is 2.38. The highest BCUT2D eigenvalue weighted by molar-refractivity contribution is 7.98. The molecule has 0 bridgehead atoms. The van der Waals surface area contributed by atoms with Gasteiger partial charge in [0.15, 0.2) is 10.9 Å². The number of thioether (sulfide) groups is 1. The Labute approximate surface area is 115 Å². The number of anilines is 1. The van der Waals surface area contributed by atoms with Gasteiger partial charge in [-0.3, -0.25) is 9.59 Å². The van der Waals surface area contributed by atoms with Crippen molar-refractivity contribution in [2.24, 2.45) is 5.92 Å². The van der Waals surface area contributed by atoms with E-state index in [0.29, 0.717) is 29.6 Å². The molecule has 0 unspecified atom stereocenters. The number of Topliss-reactive ketones (excluding diaryl/α,β-unsaturated/α-hetero) is 1. The molecule has 1 atom stereocenters. The maximum Gasteiger partial charge on any atom is 0.318 e. The number of fused-ring (bicyclic) bond motifs is 1. The molecule has 19 heavy (non-hydrogen) atoms. The van der Waals surface area contributed by atoms with Crippen LogP contribution in [0.1, 0.15) is 17.3 Å².